The van der Waals surface area contributed by atoms with E-state index in [2.05, 4.69) is 20.3 Å². The number of aromatic hydroxyl groups is 2. The van der Waals surface area contributed by atoms with Gasteiger partial charge in [-0.15, -0.1) is 11.8 Å². The number of rotatable bonds is 12. The molecule has 50 heavy (non-hydrogen) atoms. The number of phenols is 2. The second-order valence-corrected chi connectivity index (χ2v) is 12.7. The second-order valence-electron chi connectivity index (χ2n) is 11.6. The number of carbonyl (C=O) groups is 3. The van der Waals surface area contributed by atoms with E-state index in [9.17, 15) is 34.5 Å². The van der Waals surface area contributed by atoms with Crippen molar-refractivity contribution in [1.82, 2.24) is 15.5 Å². The van der Waals surface area contributed by atoms with Gasteiger partial charge in [-0.2, -0.15) is 0 Å². The maximum atomic E-state index is 13.2. The third kappa shape index (κ3) is 8.64. The van der Waals surface area contributed by atoms with Crippen LogP contribution in [0, 0.1) is 0 Å². The smallest absolute Gasteiger partial charge is 0.408 e. The van der Waals surface area contributed by atoms with Gasteiger partial charge in [0.25, 0.3) is 0 Å². The Labute approximate surface area is 291 Å². The fourth-order valence-corrected chi connectivity index (χ4v) is 6.25. The topological polar surface area (TPSA) is 188 Å². The number of carbonyl (C=O) groups excluding carboxylic acids is 3. The van der Waals surface area contributed by atoms with E-state index in [1.807, 2.05) is 19.2 Å². The van der Waals surface area contributed by atoms with Gasteiger partial charge in [-0.25, -0.2) is 9.59 Å². The van der Waals surface area contributed by atoms with Crippen molar-refractivity contribution in [1.29, 1.82) is 0 Å². The predicted octanol–water partition coefficient (Wildman–Crippen LogP) is 3.63. The SMILES string of the molecule is COC(=O)[C@H](CO)NC(=O)[C@H](CSc1ccc(-c2cc(=O)c3c(O)cc(O)c(C4=CCN(C)CC4)c3o2)cc1)NC(=O)OCc1ccccc1. The molecule has 2 atom stereocenters. The number of esters is 1. The molecule has 4 aromatic rings. The van der Waals surface area contributed by atoms with Crippen LogP contribution in [0.25, 0.3) is 27.9 Å². The Balaban J connectivity index is 1.35. The zero-order valence-corrected chi connectivity index (χ0v) is 28.2. The molecule has 0 fully saturated rings. The summed E-state index contributed by atoms with van der Waals surface area (Å²) in [5.74, 6) is -1.93. The molecule has 262 valence electrons. The van der Waals surface area contributed by atoms with E-state index >= 15 is 0 Å². The van der Waals surface area contributed by atoms with Gasteiger partial charge in [-0.1, -0.05) is 48.5 Å². The van der Waals surface area contributed by atoms with Crippen molar-refractivity contribution in [2.45, 2.75) is 30.0 Å². The first-order valence-corrected chi connectivity index (χ1v) is 16.7. The van der Waals surface area contributed by atoms with Gasteiger partial charge in [0, 0.05) is 41.4 Å². The third-order valence-electron chi connectivity index (χ3n) is 8.06. The van der Waals surface area contributed by atoms with Crippen LogP contribution in [0.3, 0.4) is 0 Å². The highest BCUT2D eigenvalue weighted by Gasteiger charge is 2.28. The molecule has 1 aromatic heterocycles. The minimum absolute atomic E-state index is 0.0161. The molecule has 13 nitrogen and oxygen atoms in total. The predicted molar refractivity (Wildman–Crippen MR) is 187 cm³/mol. The van der Waals surface area contributed by atoms with Crippen LogP contribution in [0.2, 0.25) is 0 Å². The number of alkyl carbamates (subject to hydrolysis) is 1. The molecule has 5 rings (SSSR count). The summed E-state index contributed by atoms with van der Waals surface area (Å²) in [6.45, 7) is 0.660. The Hall–Kier alpha value is -5.31. The molecule has 0 unspecified atom stereocenters. The average molecular weight is 704 g/mol. The molecule has 0 aliphatic carbocycles. The van der Waals surface area contributed by atoms with Crippen molar-refractivity contribution in [2.24, 2.45) is 0 Å². The number of aliphatic hydroxyl groups is 1. The fraction of sp³-hybridized carbons (Fsp3) is 0.278. The van der Waals surface area contributed by atoms with Gasteiger partial charge in [0.05, 0.1) is 19.3 Å². The minimum atomic E-state index is -1.34. The number of amides is 2. The highest BCUT2D eigenvalue weighted by Crippen LogP contribution is 2.40. The number of aliphatic hydroxyl groups excluding tert-OH is 1. The van der Waals surface area contributed by atoms with Crippen molar-refractivity contribution in [3.05, 3.63) is 94.2 Å². The minimum Gasteiger partial charge on any atom is -0.507 e. The Kier molecular flexibility index (Phi) is 11.8. The van der Waals surface area contributed by atoms with Gasteiger partial charge in [-0.05, 0) is 36.7 Å². The summed E-state index contributed by atoms with van der Waals surface area (Å²) in [6, 6.07) is 15.8. The lowest BCUT2D eigenvalue weighted by Crippen LogP contribution is -2.54. The molecule has 3 aromatic carbocycles. The molecule has 1 aliphatic heterocycles. The van der Waals surface area contributed by atoms with Crippen LogP contribution in [-0.2, 0) is 25.7 Å². The Morgan fingerprint density at radius 2 is 1.74 bits per heavy atom. The van der Waals surface area contributed by atoms with Crippen molar-refractivity contribution in [3.63, 3.8) is 0 Å². The highest BCUT2D eigenvalue weighted by molar-refractivity contribution is 7.99. The maximum absolute atomic E-state index is 13.2. The van der Waals surface area contributed by atoms with E-state index in [1.54, 1.807) is 48.5 Å². The average Bonchev–Trinajstić information content (AvgIpc) is 3.12. The van der Waals surface area contributed by atoms with Gasteiger partial charge in [-0.3, -0.25) is 9.59 Å². The number of nitrogens with zero attached hydrogens (tertiary/aromatic N) is 1. The summed E-state index contributed by atoms with van der Waals surface area (Å²) < 4.78 is 16.1. The molecule has 14 heteroatoms. The largest absolute Gasteiger partial charge is 0.507 e. The number of hydrogen-bond acceptors (Lipinski definition) is 12. The summed E-state index contributed by atoms with van der Waals surface area (Å²) in [4.78, 5) is 53.8. The molecule has 1 aliphatic rings. The van der Waals surface area contributed by atoms with Crippen LogP contribution in [0.5, 0.6) is 11.5 Å². The van der Waals surface area contributed by atoms with Gasteiger partial charge in [0.1, 0.15) is 35.3 Å². The van der Waals surface area contributed by atoms with Crippen LogP contribution >= 0.6 is 11.8 Å². The number of nitrogens with one attached hydrogen (secondary N) is 2. The normalized spacial score (nSPS) is 14.3. The quantitative estimate of drug-likeness (QED) is 0.107. The lowest BCUT2D eigenvalue weighted by atomic mass is 9.96. The monoisotopic (exact) mass is 703 g/mol. The van der Waals surface area contributed by atoms with E-state index < -0.39 is 42.1 Å². The van der Waals surface area contributed by atoms with Crippen molar-refractivity contribution >= 4 is 46.3 Å². The first-order valence-electron chi connectivity index (χ1n) is 15.7. The Morgan fingerprint density at radius 3 is 2.40 bits per heavy atom. The first kappa shape index (κ1) is 36.0. The summed E-state index contributed by atoms with van der Waals surface area (Å²) in [6.07, 6.45) is 1.71. The number of thioether (sulfide) groups is 1. The third-order valence-corrected chi connectivity index (χ3v) is 9.16. The van der Waals surface area contributed by atoms with Crippen LogP contribution in [0.15, 0.2) is 86.9 Å². The number of hydrogen-bond donors (Lipinski definition) is 5. The van der Waals surface area contributed by atoms with E-state index in [-0.39, 0.29) is 40.6 Å². The van der Waals surface area contributed by atoms with Gasteiger partial charge in [0.2, 0.25) is 5.91 Å². The van der Waals surface area contributed by atoms with E-state index in [4.69, 9.17) is 9.15 Å². The molecule has 2 amide bonds. The van der Waals surface area contributed by atoms with Gasteiger partial charge >= 0.3 is 12.1 Å². The number of ether oxygens (including phenoxy) is 2. The summed E-state index contributed by atoms with van der Waals surface area (Å²) >= 11 is 1.22. The number of likely N-dealkylation sites (N-methyl/N-ethyl adjacent to an activating group) is 1. The first-order chi connectivity index (χ1) is 24.1. The number of fused-ring (bicyclic) bond motifs is 1. The molecule has 0 spiro atoms. The van der Waals surface area contributed by atoms with Gasteiger partial charge in [0.15, 0.2) is 17.1 Å². The molecule has 0 radical (unpaired) electrons. The molecular formula is C36H37N3O10S. The Bertz CT molecular complexity index is 1950. The van der Waals surface area contributed by atoms with Crippen LogP contribution in [0.4, 0.5) is 4.79 Å². The molecule has 5 N–H and O–H groups in total. The fourth-order valence-electron chi connectivity index (χ4n) is 5.33. The molecule has 0 bridgehead atoms. The van der Waals surface area contributed by atoms with E-state index in [1.165, 1.54) is 17.8 Å². The second kappa shape index (κ2) is 16.4. The lowest BCUT2D eigenvalue weighted by Gasteiger charge is -2.23. The zero-order chi connectivity index (χ0) is 35.8. The van der Waals surface area contributed by atoms with E-state index in [0.29, 0.717) is 29.0 Å². The van der Waals surface area contributed by atoms with Gasteiger partial charge < -0.3 is 44.7 Å². The lowest BCUT2D eigenvalue weighted by molar-refractivity contribution is -0.146. The number of methoxy groups -OCH3 is 1. The highest BCUT2D eigenvalue weighted by atomic mass is 32.2. The summed E-state index contributed by atoms with van der Waals surface area (Å²) in [5, 5.41) is 35.8. The summed E-state index contributed by atoms with van der Waals surface area (Å²) in [5.41, 5.74) is 2.08. The molecule has 0 saturated carbocycles. The standard InChI is InChI=1S/C36H37N3O10S/c1-39-14-12-23(13-15-39)31-27(41)16-28(42)32-29(43)17-30(49-33(31)32)22-8-10-24(11-9-22)50-20-26(34(44)37-25(18-40)35(45)47-2)38-36(46)48-19-21-6-4-3-5-7-21/h3-12,16-17,25-26,40-42H,13-15,18-20H2,1-2H3,(H,37,44)(H,38,46)/t25-,26-/m0/s1. The Morgan fingerprint density at radius 1 is 1.00 bits per heavy atom. The van der Waals surface area contributed by atoms with Crippen LogP contribution < -0.4 is 16.1 Å². The number of phenolic OH excluding ortho intramolecular Hbond substituents is 2. The number of benzene rings is 3. The molecule has 2 heterocycles. The van der Waals surface area contributed by atoms with Crippen molar-refractivity contribution in [2.75, 3.05) is 39.6 Å². The van der Waals surface area contributed by atoms with Crippen LogP contribution in [-0.4, -0.2) is 89.9 Å². The van der Waals surface area contributed by atoms with E-state index in [0.717, 1.165) is 30.9 Å². The van der Waals surface area contributed by atoms with Crippen molar-refractivity contribution in [3.8, 4) is 22.8 Å². The molecule has 0 saturated heterocycles. The van der Waals surface area contributed by atoms with Crippen LogP contribution in [0.1, 0.15) is 17.5 Å². The van der Waals surface area contributed by atoms with Crippen molar-refractivity contribution < 1.29 is 43.6 Å². The summed E-state index contributed by atoms with van der Waals surface area (Å²) in [7, 11) is 3.10. The molecular weight excluding hydrogens is 666 g/mol. The maximum Gasteiger partial charge on any atom is 0.408 e. The zero-order valence-electron chi connectivity index (χ0n) is 27.4.